The van der Waals surface area contributed by atoms with Crippen LogP contribution in [0.2, 0.25) is 0 Å². The standard InChI is InChI=1S/C11H16N2O2/c1-8-5-11(13-6-10(8)12)15-7-9-3-2-4-14-9/h5-6,9H,2-4,7,12H2,1H3. The predicted octanol–water partition coefficient (Wildman–Crippen LogP) is 1.53. The number of nitrogens with zero attached hydrogens (tertiary/aromatic N) is 1. The van der Waals surface area contributed by atoms with Gasteiger partial charge in [0.05, 0.1) is 18.0 Å². The first-order chi connectivity index (χ1) is 7.25. The molecule has 0 bridgehead atoms. The zero-order valence-corrected chi connectivity index (χ0v) is 8.90. The molecule has 0 saturated carbocycles. The van der Waals surface area contributed by atoms with Crippen molar-refractivity contribution in [3.05, 3.63) is 17.8 Å². The minimum atomic E-state index is 0.227. The van der Waals surface area contributed by atoms with Crippen molar-refractivity contribution in [2.24, 2.45) is 0 Å². The number of pyridine rings is 1. The van der Waals surface area contributed by atoms with Gasteiger partial charge in [-0.25, -0.2) is 4.98 Å². The fourth-order valence-corrected chi connectivity index (χ4v) is 1.57. The van der Waals surface area contributed by atoms with Gasteiger partial charge in [0.15, 0.2) is 0 Å². The second kappa shape index (κ2) is 4.49. The predicted molar refractivity (Wildman–Crippen MR) is 57.9 cm³/mol. The number of aryl methyl sites for hydroxylation is 1. The van der Waals surface area contributed by atoms with E-state index in [1.165, 1.54) is 0 Å². The van der Waals surface area contributed by atoms with Gasteiger partial charge in [-0.1, -0.05) is 0 Å². The van der Waals surface area contributed by atoms with Crippen molar-refractivity contribution < 1.29 is 9.47 Å². The average Bonchev–Trinajstić information content (AvgIpc) is 2.73. The number of rotatable bonds is 3. The highest BCUT2D eigenvalue weighted by molar-refractivity contribution is 5.45. The Morgan fingerprint density at radius 2 is 2.53 bits per heavy atom. The first-order valence-corrected chi connectivity index (χ1v) is 5.22. The van der Waals surface area contributed by atoms with Crippen LogP contribution in [0.4, 0.5) is 5.69 Å². The molecule has 1 aliphatic rings. The van der Waals surface area contributed by atoms with Crippen LogP contribution in [0.5, 0.6) is 5.88 Å². The van der Waals surface area contributed by atoms with Crippen LogP contribution in [0.1, 0.15) is 18.4 Å². The maximum atomic E-state index is 5.66. The van der Waals surface area contributed by atoms with E-state index < -0.39 is 0 Å². The van der Waals surface area contributed by atoms with Crippen molar-refractivity contribution in [2.75, 3.05) is 18.9 Å². The minimum absolute atomic E-state index is 0.227. The topological polar surface area (TPSA) is 57.4 Å². The normalized spacial score (nSPS) is 20.5. The molecule has 0 spiro atoms. The summed E-state index contributed by atoms with van der Waals surface area (Å²) in [6.07, 6.45) is 4.06. The highest BCUT2D eigenvalue weighted by atomic mass is 16.5. The Morgan fingerprint density at radius 1 is 1.67 bits per heavy atom. The first kappa shape index (κ1) is 10.2. The lowest BCUT2D eigenvalue weighted by molar-refractivity contribution is 0.0663. The van der Waals surface area contributed by atoms with E-state index in [1.807, 2.05) is 13.0 Å². The molecule has 1 fully saturated rings. The van der Waals surface area contributed by atoms with Gasteiger partial charge in [-0.05, 0) is 25.3 Å². The highest BCUT2D eigenvalue weighted by Crippen LogP contribution is 2.17. The van der Waals surface area contributed by atoms with Crippen molar-refractivity contribution in [3.8, 4) is 5.88 Å². The van der Waals surface area contributed by atoms with E-state index in [2.05, 4.69) is 4.98 Å². The molecule has 82 valence electrons. The van der Waals surface area contributed by atoms with Gasteiger partial charge in [0.2, 0.25) is 5.88 Å². The Labute approximate surface area is 89.4 Å². The Morgan fingerprint density at radius 3 is 3.20 bits per heavy atom. The summed E-state index contributed by atoms with van der Waals surface area (Å²) in [5.74, 6) is 0.622. The third-order valence-corrected chi connectivity index (χ3v) is 2.57. The largest absolute Gasteiger partial charge is 0.475 e. The smallest absolute Gasteiger partial charge is 0.213 e. The molecule has 1 aromatic rings. The van der Waals surface area contributed by atoms with Crippen LogP contribution in [0.25, 0.3) is 0 Å². The molecule has 4 heteroatoms. The van der Waals surface area contributed by atoms with Gasteiger partial charge in [0.25, 0.3) is 0 Å². The summed E-state index contributed by atoms with van der Waals surface area (Å²) < 4.78 is 11.0. The van der Waals surface area contributed by atoms with E-state index in [0.717, 1.165) is 25.0 Å². The van der Waals surface area contributed by atoms with Crippen LogP contribution in [0.15, 0.2) is 12.3 Å². The number of anilines is 1. The number of hydrogen-bond donors (Lipinski definition) is 1. The fraction of sp³-hybridized carbons (Fsp3) is 0.545. The van der Waals surface area contributed by atoms with Crippen molar-refractivity contribution >= 4 is 5.69 Å². The van der Waals surface area contributed by atoms with E-state index in [0.29, 0.717) is 18.2 Å². The first-order valence-electron chi connectivity index (χ1n) is 5.22. The molecule has 1 atom stereocenters. The van der Waals surface area contributed by atoms with Crippen LogP contribution in [0.3, 0.4) is 0 Å². The van der Waals surface area contributed by atoms with Crippen molar-refractivity contribution in [3.63, 3.8) is 0 Å². The Balaban J connectivity index is 1.90. The van der Waals surface area contributed by atoms with E-state index in [-0.39, 0.29) is 6.10 Å². The molecular weight excluding hydrogens is 192 g/mol. The van der Waals surface area contributed by atoms with Crippen LogP contribution < -0.4 is 10.5 Å². The molecule has 0 radical (unpaired) electrons. The third-order valence-electron chi connectivity index (χ3n) is 2.57. The summed E-state index contributed by atoms with van der Waals surface area (Å²) in [6.45, 7) is 3.37. The van der Waals surface area contributed by atoms with Gasteiger partial charge in [-0.15, -0.1) is 0 Å². The van der Waals surface area contributed by atoms with Gasteiger partial charge in [-0.3, -0.25) is 0 Å². The molecule has 0 aliphatic carbocycles. The molecule has 2 heterocycles. The molecule has 1 saturated heterocycles. The number of nitrogens with two attached hydrogens (primary N) is 1. The van der Waals surface area contributed by atoms with Crippen LogP contribution in [0, 0.1) is 6.92 Å². The van der Waals surface area contributed by atoms with Crippen molar-refractivity contribution in [1.29, 1.82) is 0 Å². The monoisotopic (exact) mass is 208 g/mol. The summed E-state index contributed by atoms with van der Waals surface area (Å²) in [7, 11) is 0. The Hall–Kier alpha value is -1.29. The van der Waals surface area contributed by atoms with E-state index in [9.17, 15) is 0 Å². The van der Waals surface area contributed by atoms with Crippen molar-refractivity contribution in [1.82, 2.24) is 4.98 Å². The highest BCUT2D eigenvalue weighted by Gasteiger charge is 2.16. The maximum Gasteiger partial charge on any atom is 0.213 e. The molecule has 1 unspecified atom stereocenters. The quantitative estimate of drug-likeness (QED) is 0.818. The fourth-order valence-electron chi connectivity index (χ4n) is 1.57. The van der Waals surface area contributed by atoms with E-state index in [1.54, 1.807) is 6.20 Å². The second-order valence-electron chi connectivity index (χ2n) is 3.83. The zero-order valence-electron chi connectivity index (χ0n) is 8.90. The van der Waals surface area contributed by atoms with E-state index >= 15 is 0 Å². The number of hydrogen-bond acceptors (Lipinski definition) is 4. The van der Waals surface area contributed by atoms with Gasteiger partial charge < -0.3 is 15.2 Å². The summed E-state index contributed by atoms with van der Waals surface area (Å²) in [5.41, 5.74) is 7.35. The van der Waals surface area contributed by atoms with Crippen LogP contribution in [-0.2, 0) is 4.74 Å². The lowest BCUT2D eigenvalue weighted by atomic mass is 10.2. The number of ether oxygens (including phenoxy) is 2. The zero-order chi connectivity index (χ0) is 10.7. The summed E-state index contributed by atoms with van der Waals surface area (Å²) in [6, 6.07) is 1.85. The molecule has 2 N–H and O–H groups in total. The second-order valence-corrected chi connectivity index (χ2v) is 3.83. The molecule has 0 amide bonds. The molecule has 2 rings (SSSR count). The minimum Gasteiger partial charge on any atom is -0.475 e. The van der Waals surface area contributed by atoms with Crippen molar-refractivity contribution in [2.45, 2.75) is 25.9 Å². The summed E-state index contributed by atoms with van der Waals surface area (Å²) in [5, 5.41) is 0. The van der Waals surface area contributed by atoms with Gasteiger partial charge in [0.1, 0.15) is 6.61 Å². The van der Waals surface area contributed by atoms with Crippen LogP contribution in [-0.4, -0.2) is 24.3 Å². The Kier molecular flexibility index (Phi) is 3.06. The average molecular weight is 208 g/mol. The lowest BCUT2D eigenvalue weighted by Gasteiger charge is -2.11. The SMILES string of the molecule is Cc1cc(OCC2CCCO2)ncc1N. The molecule has 0 aromatic carbocycles. The number of aromatic nitrogens is 1. The summed E-state index contributed by atoms with van der Waals surface area (Å²) in [4.78, 5) is 4.10. The summed E-state index contributed by atoms with van der Waals surface area (Å²) >= 11 is 0. The molecule has 4 nitrogen and oxygen atoms in total. The molecule has 1 aromatic heterocycles. The maximum absolute atomic E-state index is 5.66. The van der Waals surface area contributed by atoms with E-state index in [4.69, 9.17) is 15.2 Å². The number of nitrogen functional groups attached to an aromatic ring is 1. The molecule has 1 aliphatic heterocycles. The third kappa shape index (κ3) is 2.59. The van der Waals surface area contributed by atoms with Gasteiger partial charge in [0, 0.05) is 12.7 Å². The molecular formula is C11H16N2O2. The Bertz CT molecular complexity index is 335. The van der Waals surface area contributed by atoms with Gasteiger partial charge >= 0.3 is 0 Å². The van der Waals surface area contributed by atoms with Gasteiger partial charge in [-0.2, -0.15) is 0 Å². The van der Waals surface area contributed by atoms with Crippen LogP contribution >= 0.6 is 0 Å². The molecule has 15 heavy (non-hydrogen) atoms. The lowest BCUT2D eigenvalue weighted by Crippen LogP contribution is -2.16.